The predicted octanol–water partition coefficient (Wildman–Crippen LogP) is 5.50. The molecule has 1 aliphatic heterocycles. The fourth-order valence-corrected chi connectivity index (χ4v) is 5.21. The number of fused-ring (bicyclic) bond motifs is 1. The van der Waals surface area contributed by atoms with Gasteiger partial charge in [-0.2, -0.15) is 0 Å². The molecule has 0 bridgehead atoms. The molecule has 4 N–H and O–H groups in total. The van der Waals surface area contributed by atoms with Crippen LogP contribution in [-0.4, -0.2) is 34.5 Å². The number of benzene rings is 4. The number of hydrogen-bond acceptors (Lipinski definition) is 5. The Bertz CT molecular complexity index is 1650. The Morgan fingerprint density at radius 1 is 0.837 bits per heavy atom. The largest absolute Gasteiger partial charge is 0.396 e. The van der Waals surface area contributed by atoms with Crippen molar-refractivity contribution in [2.45, 2.75) is 25.5 Å². The maximum Gasteiger partial charge on any atom is 0.264 e. The second-order valence-corrected chi connectivity index (χ2v) is 10.5. The van der Waals surface area contributed by atoms with Crippen LogP contribution in [0.1, 0.15) is 45.2 Å². The van der Waals surface area contributed by atoms with Crippen LogP contribution in [0.15, 0.2) is 115 Å². The highest BCUT2D eigenvalue weighted by molar-refractivity contribution is 6.09. The first kappa shape index (κ1) is 29.4. The SMILES string of the molecule is C[C@@H](/C=C/CCO)[C@]1(O)C(=O)N(Cc2cccc(NC(=O)c3ccccc3)c2)c2ccc(NC(=O)c3ccccc3)cc21. The normalized spacial score (nSPS) is 16.6. The van der Waals surface area contributed by atoms with E-state index < -0.39 is 17.4 Å². The Morgan fingerprint density at radius 2 is 1.44 bits per heavy atom. The minimum absolute atomic E-state index is 0.0505. The molecular formula is C35H33N3O5. The zero-order chi connectivity index (χ0) is 30.4. The summed E-state index contributed by atoms with van der Waals surface area (Å²) in [4.78, 5) is 41.1. The van der Waals surface area contributed by atoms with Crippen molar-refractivity contribution >= 4 is 34.8 Å². The van der Waals surface area contributed by atoms with Crippen LogP contribution in [0.25, 0.3) is 0 Å². The van der Waals surface area contributed by atoms with Crippen molar-refractivity contribution in [1.82, 2.24) is 0 Å². The molecular weight excluding hydrogens is 542 g/mol. The molecule has 3 amide bonds. The molecule has 0 aliphatic carbocycles. The smallest absolute Gasteiger partial charge is 0.264 e. The van der Waals surface area contributed by atoms with E-state index in [2.05, 4.69) is 10.6 Å². The van der Waals surface area contributed by atoms with E-state index in [0.29, 0.717) is 40.2 Å². The topological polar surface area (TPSA) is 119 Å². The van der Waals surface area contributed by atoms with Gasteiger partial charge >= 0.3 is 0 Å². The number of nitrogens with zero attached hydrogens (tertiary/aromatic N) is 1. The summed E-state index contributed by atoms with van der Waals surface area (Å²) >= 11 is 0. The Kier molecular flexibility index (Phi) is 8.80. The van der Waals surface area contributed by atoms with E-state index >= 15 is 0 Å². The van der Waals surface area contributed by atoms with Gasteiger partial charge in [0.1, 0.15) is 0 Å². The highest BCUT2D eigenvalue weighted by atomic mass is 16.3. The van der Waals surface area contributed by atoms with Gasteiger partial charge in [-0.15, -0.1) is 0 Å². The summed E-state index contributed by atoms with van der Waals surface area (Å²) in [5.74, 6) is -1.69. The van der Waals surface area contributed by atoms with Gasteiger partial charge in [0, 0.05) is 40.6 Å². The second kappa shape index (κ2) is 12.9. The lowest BCUT2D eigenvalue weighted by molar-refractivity contribution is -0.139. The summed E-state index contributed by atoms with van der Waals surface area (Å²) in [5, 5.41) is 27.0. The molecule has 8 heteroatoms. The van der Waals surface area contributed by atoms with Crippen LogP contribution in [0.5, 0.6) is 0 Å². The molecule has 0 spiro atoms. The lowest BCUT2D eigenvalue weighted by Gasteiger charge is -2.28. The molecule has 2 atom stereocenters. The maximum absolute atomic E-state index is 14.0. The Balaban J connectivity index is 1.45. The van der Waals surface area contributed by atoms with E-state index in [1.807, 2.05) is 18.2 Å². The first-order valence-corrected chi connectivity index (χ1v) is 14.1. The molecule has 8 nitrogen and oxygen atoms in total. The van der Waals surface area contributed by atoms with Crippen LogP contribution in [0.3, 0.4) is 0 Å². The number of anilines is 3. The van der Waals surface area contributed by atoms with E-state index in [1.54, 1.807) is 104 Å². The van der Waals surface area contributed by atoms with Gasteiger partial charge in [0.2, 0.25) is 0 Å². The van der Waals surface area contributed by atoms with Gasteiger partial charge in [0.05, 0.1) is 12.2 Å². The standard InChI is InChI=1S/C35H33N3O5/c1-24(11-8-9-20-39)35(43)30-22-29(37-33(41)27-15-6-3-7-16-27)18-19-31(30)38(34(35)42)23-25-12-10-17-28(21-25)36-32(40)26-13-4-2-5-14-26/h2-8,10-19,21-22,24,39,43H,9,20,23H2,1H3,(H,36,40)(H,37,41)/b11-8+/t24-,35+/m0/s1. The van der Waals surface area contributed by atoms with E-state index in [1.165, 1.54) is 4.90 Å². The van der Waals surface area contributed by atoms with Crippen LogP contribution >= 0.6 is 0 Å². The number of aliphatic hydroxyl groups is 2. The number of carbonyl (C=O) groups is 3. The Hall–Kier alpha value is -5.05. The van der Waals surface area contributed by atoms with Crippen LogP contribution in [0, 0.1) is 5.92 Å². The quantitative estimate of drug-likeness (QED) is 0.186. The third-order valence-electron chi connectivity index (χ3n) is 7.50. The van der Waals surface area contributed by atoms with Gasteiger partial charge in [-0.05, 0) is 66.6 Å². The minimum atomic E-state index is -1.91. The average Bonchev–Trinajstić information content (AvgIpc) is 3.24. The van der Waals surface area contributed by atoms with Crippen molar-refractivity contribution in [3.05, 3.63) is 138 Å². The van der Waals surface area contributed by atoms with Crippen molar-refractivity contribution in [2.75, 3.05) is 22.1 Å². The fraction of sp³-hybridized carbons (Fsp3) is 0.171. The van der Waals surface area contributed by atoms with E-state index in [9.17, 15) is 24.6 Å². The zero-order valence-corrected chi connectivity index (χ0v) is 23.7. The van der Waals surface area contributed by atoms with Crippen molar-refractivity contribution in [3.63, 3.8) is 0 Å². The molecule has 5 rings (SSSR count). The van der Waals surface area contributed by atoms with E-state index in [0.717, 1.165) is 5.56 Å². The van der Waals surface area contributed by atoms with Gasteiger partial charge in [-0.1, -0.05) is 67.6 Å². The lowest BCUT2D eigenvalue weighted by Crippen LogP contribution is -2.44. The number of aliphatic hydroxyl groups excluding tert-OH is 1. The van der Waals surface area contributed by atoms with Gasteiger partial charge in [0.25, 0.3) is 17.7 Å². The summed E-state index contributed by atoms with van der Waals surface area (Å²) in [6.45, 7) is 1.84. The van der Waals surface area contributed by atoms with Gasteiger partial charge in [-0.25, -0.2) is 0 Å². The van der Waals surface area contributed by atoms with Gasteiger partial charge in [-0.3, -0.25) is 14.4 Å². The van der Waals surface area contributed by atoms with Crippen LogP contribution in [0.2, 0.25) is 0 Å². The van der Waals surface area contributed by atoms with Crippen LogP contribution in [-0.2, 0) is 16.9 Å². The number of hydrogen-bond donors (Lipinski definition) is 4. The van der Waals surface area contributed by atoms with Crippen molar-refractivity contribution < 1.29 is 24.6 Å². The highest BCUT2D eigenvalue weighted by Crippen LogP contribution is 2.47. The monoisotopic (exact) mass is 575 g/mol. The van der Waals surface area contributed by atoms with Crippen molar-refractivity contribution in [1.29, 1.82) is 0 Å². The number of amides is 3. The molecule has 1 heterocycles. The van der Waals surface area contributed by atoms with E-state index in [-0.39, 0.29) is 25.0 Å². The second-order valence-electron chi connectivity index (χ2n) is 10.5. The van der Waals surface area contributed by atoms with Gasteiger partial charge in [0.15, 0.2) is 5.60 Å². The summed E-state index contributed by atoms with van der Waals surface area (Å²) in [5.41, 5.74) is 1.76. The molecule has 0 fully saturated rings. The van der Waals surface area contributed by atoms with Crippen LogP contribution < -0.4 is 15.5 Å². The summed E-state index contributed by atoms with van der Waals surface area (Å²) in [7, 11) is 0. The summed E-state index contributed by atoms with van der Waals surface area (Å²) in [6, 6.07) is 29.9. The Morgan fingerprint density at radius 3 is 2.05 bits per heavy atom. The summed E-state index contributed by atoms with van der Waals surface area (Å²) in [6.07, 6.45) is 3.84. The zero-order valence-electron chi connectivity index (χ0n) is 23.7. The molecule has 0 saturated heterocycles. The van der Waals surface area contributed by atoms with E-state index in [4.69, 9.17) is 0 Å². The molecule has 0 saturated carbocycles. The number of carbonyl (C=O) groups excluding carboxylic acids is 3. The lowest BCUT2D eigenvalue weighted by atomic mass is 9.82. The molecule has 4 aromatic rings. The predicted molar refractivity (Wildman–Crippen MR) is 167 cm³/mol. The number of rotatable bonds is 10. The first-order valence-electron chi connectivity index (χ1n) is 14.1. The molecule has 4 aromatic carbocycles. The number of nitrogens with one attached hydrogen (secondary N) is 2. The maximum atomic E-state index is 14.0. The molecule has 0 aromatic heterocycles. The first-order chi connectivity index (χ1) is 20.8. The molecule has 0 unspecified atom stereocenters. The average molecular weight is 576 g/mol. The van der Waals surface area contributed by atoms with Crippen molar-refractivity contribution in [3.8, 4) is 0 Å². The van der Waals surface area contributed by atoms with Gasteiger partial charge < -0.3 is 25.7 Å². The van der Waals surface area contributed by atoms with Crippen LogP contribution in [0.4, 0.5) is 17.1 Å². The molecule has 43 heavy (non-hydrogen) atoms. The molecule has 218 valence electrons. The minimum Gasteiger partial charge on any atom is -0.396 e. The molecule has 1 aliphatic rings. The van der Waals surface area contributed by atoms with Crippen molar-refractivity contribution in [2.24, 2.45) is 5.92 Å². The Labute approximate surface area is 250 Å². The highest BCUT2D eigenvalue weighted by Gasteiger charge is 2.52. The summed E-state index contributed by atoms with van der Waals surface area (Å²) < 4.78 is 0. The molecule has 0 radical (unpaired) electrons. The third-order valence-corrected chi connectivity index (χ3v) is 7.50. The third kappa shape index (κ3) is 6.25. The fourth-order valence-electron chi connectivity index (χ4n) is 5.21.